The number of hydrogen-bond donors (Lipinski definition) is 4. The van der Waals surface area contributed by atoms with Crippen LogP contribution in [0.4, 0.5) is 5.82 Å². The number of carboxylic acid groups (broad SMARTS) is 1. The van der Waals surface area contributed by atoms with E-state index in [4.69, 9.17) is 5.11 Å². The third-order valence-electron chi connectivity index (χ3n) is 2.53. The lowest BCUT2D eigenvalue weighted by Crippen LogP contribution is -2.20. The van der Waals surface area contributed by atoms with Crippen LogP contribution in [-0.4, -0.2) is 39.6 Å². The number of nitrogens with one attached hydrogen (secondary N) is 3. The average molecular weight is 282 g/mol. The normalized spacial score (nSPS) is 10.1. The Labute approximate surface area is 115 Å². The molecule has 4 N–H and O–H groups in total. The van der Waals surface area contributed by atoms with Crippen molar-refractivity contribution >= 4 is 23.6 Å². The molecule has 0 aliphatic heterocycles. The van der Waals surface area contributed by atoms with Crippen molar-refractivity contribution in [3.05, 3.63) is 11.8 Å². The number of rotatable bonds is 8. The van der Waals surface area contributed by atoms with Crippen molar-refractivity contribution in [3.63, 3.8) is 0 Å². The largest absolute Gasteiger partial charge is 0.477 e. The summed E-state index contributed by atoms with van der Waals surface area (Å²) in [6, 6.07) is 1.26. The topological polar surface area (TPSA) is 124 Å². The molecule has 0 radical (unpaired) electrons. The van der Waals surface area contributed by atoms with Crippen molar-refractivity contribution in [2.75, 3.05) is 11.9 Å². The Morgan fingerprint density at radius 3 is 2.65 bits per heavy atom. The van der Waals surface area contributed by atoms with Crippen molar-refractivity contribution in [3.8, 4) is 0 Å². The van der Waals surface area contributed by atoms with Crippen molar-refractivity contribution in [1.82, 2.24) is 15.5 Å². The molecule has 8 nitrogen and oxygen atoms in total. The van der Waals surface area contributed by atoms with Gasteiger partial charge in [0.15, 0.2) is 5.82 Å². The first-order valence-electron chi connectivity index (χ1n) is 6.32. The molecule has 0 unspecified atom stereocenters. The fourth-order valence-electron chi connectivity index (χ4n) is 1.55. The minimum atomic E-state index is -1.13. The Morgan fingerprint density at radius 1 is 1.30 bits per heavy atom. The molecule has 1 aromatic heterocycles. The minimum absolute atomic E-state index is 0.0597. The SMILES string of the molecule is CC(=O)NCCCCCC(=O)Nc1cc(C(=O)O)[nH]n1. The Hall–Kier alpha value is -2.38. The number of hydrogen-bond acceptors (Lipinski definition) is 4. The molecule has 0 aliphatic carbocycles. The lowest BCUT2D eigenvalue weighted by Gasteiger charge is -2.03. The summed E-state index contributed by atoms with van der Waals surface area (Å²) in [6.45, 7) is 2.07. The zero-order valence-electron chi connectivity index (χ0n) is 11.2. The summed E-state index contributed by atoms with van der Waals surface area (Å²) in [7, 11) is 0. The molecule has 0 saturated carbocycles. The van der Waals surface area contributed by atoms with E-state index in [2.05, 4.69) is 20.8 Å². The first-order valence-corrected chi connectivity index (χ1v) is 6.32. The van der Waals surface area contributed by atoms with Crippen LogP contribution in [0.2, 0.25) is 0 Å². The van der Waals surface area contributed by atoms with Crippen LogP contribution < -0.4 is 10.6 Å². The number of carboxylic acids is 1. The van der Waals surface area contributed by atoms with Gasteiger partial charge in [0.25, 0.3) is 0 Å². The molecule has 110 valence electrons. The van der Waals surface area contributed by atoms with E-state index < -0.39 is 5.97 Å². The van der Waals surface area contributed by atoms with E-state index in [1.165, 1.54) is 13.0 Å². The fraction of sp³-hybridized carbons (Fsp3) is 0.500. The van der Waals surface area contributed by atoms with Crippen LogP contribution >= 0.6 is 0 Å². The maximum absolute atomic E-state index is 11.6. The Balaban J connectivity index is 2.16. The van der Waals surface area contributed by atoms with Gasteiger partial charge in [0.2, 0.25) is 11.8 Å². The molecule has 0 fully saturated rings. The van der Waals surface area contributed by atoms with E-state index in [1.54, 1.807) is 0 Å². The second kappa shape index (κ2) is 7.93. The summed E-state index contributed by atoms with van der Waals surface area (Å²) >= 11 is 0. The predicted molar refractivity (Wildman–Crippen MR) is 71.3 cm³/mol. The van der Waals surface area contributed by atoms with Gasteiger partial charge in [-0.05, 0) is 12.8 Å². The number of carbonyl (C=O) groups excluding carboxylic acids is 2. The first-order chi connectivity index (χ1) is 9.49. The molecule has 1 rings (SSSR count). The number of H-pyrrole nitrogens is 1. The van der Waals surface area contributed by atoms with E-state index >= 15 is 0 Å². The number of unbranched alkanes of at least 4 members (excludes halogenated alkanes) is 2. The van der Waals surface area contributed by atoms with Gasteiger partial charge in [-0.25, -0.2) is 4.79 Å². The van der Waals surface area contributed by atoms with Gasteiger partial charge in [0.05, 0.1) is 0 Å². The molecule has 1 aromatic rings. The highest BCUT2D eigenvalue weighted by atomic mass is 16.4. The third kappa shape index (κ3) is 5.98. The Kier molecular flexibility index (Phi) is 6.21. The molecule has 0 spiro atoms. The Bertz CT molecular complexity index is 484. The lowest BCUT2D eigenvalue weighted by molar-refractivity contribution is -0.119. The van der Waals surface area contributed by atoms with Crippen molar-refractivity contribution in [1.29, 1.82) is 0 Å². The summed E-state index contributed by atoms with van der Waals surface area (Å²) in [4.78, 5) is 32.8. The summed E-state index contributed by atoms with van der Waals surface area (Å²) in [5.74, 6) is -1.20. The van der Waals surface area contributed by atoms with Gasteiger partial charge in [-0.1, -0.05) is 6.42 Å². The molecule has 0 atom stereocenters. The van der Waals surface area contributed by atoms with Gasteiger partial charge in [-0.2, -0.15) is 5.10 Å². The minimum Gasteiger partial charge on any atom is -0.477 e. The van der Waals surface area contributed by atoms with Crippen LogP contribution in [0.1, 0.15) is 43.1 Å². The van der Waals surface area contributed by atoms with Gasteiger partial charge < -0.3 is 15.7 Å². The fourth-order valence-corrected chi connectivity index (χ4v) is 1.55. The number of aromatic nitrogens is 2. The van der Waals surface area contributed by atoms with E-state index in [1.807, 2.05) is 0 Å². The molecule has 0 bridgehead atoms. The molecule has 20 heavy (non-hydrogen) atoms. The maximum Gasteiger partial charge on any atom is 0.353 e. The van der Waals surface area contributed by atoms with Crippen LogP contribution in [0.15, 0.2) is 6.07 Å². The molecule has 0 aliphatic rings. The second-order valence-corrected chi connectivity index (χ2v) is 4.31. The van der Waals surface area contributed by atoms with E-state index in [-0.39, 0.29) is 23.3 Å². The monoisotopic (exact) mass is 282 g/mol. The number of carbonyl (C=O) groups is 3. The Morgan fingerprint density at radius 2 is 2.05 bits per heavy atom. The summed E-state index contributed by atoms with van der Waals surface area (Å²) < 4.78 is 0. The first kappa shape index (κ1) is 15.7. The molecule has 1 heterocycles. The van der Waals surface area contributed by atoms with Gasteiger partial charge in [-0.3, -0.25) is 14.7 Å². The highest BCUT2D eigenvalue weighted by Gasteiger charge is 2.09. The van der Waals surface area contributed by atoms with Crippen LogP contribution in [0.25, 0.3) is 0 Å². The van der Waals surface area contributed by atoms with Gasteiger partial charge >= 0.3 is 5.97 Å². The van der Waals surface area contributed by atoms with Crippen molar-refractivity contribution in [2.45, 2.75) is 32.6 Å². The summed E-state index contributed by atoms with van der Waals surface area (Å²) in [5.41, 5.74) is -0.0735. The third-order valence-corrected chi connectivity index (χ3v) is 2.53. The number of anilines is 1. The molecule has 0 aromatic carbocycles. The van der Waals surface area contributed by atoms with Crippen molar-refractivity contribution < 1.29 is 19.5 Å². The molecule has 0 saturated heterocycles. The quantitative estimate of drug-likeness (QED) is 0.523. The highest BCUT2D eigenvalue weighted by Crippen LogP contribution is 2.07. The van der Waals surface area contributed by atoms with E-state index in [0.29, 0.717) is 19.4 Å². The van der Waals surface area contributed by atoms with E-state index in [0.717, 1.165) is 12.8 Å². The summed E-state index contributed by atoms with van der Waals surface area (Å²) in [6.07, 6.45) is 2.67. The van der Waals surface area contributed by atoms with Crippen LogP contribution in [0, 0.1) is 0 Å². The molecule has 2 amide bonds. The maximum atomic E-state index is 11.6. The standard InChI is InChI=1S/C12H18N4O4/c1-8(17)13-6-4-2-3-5-11(18)14-10-7-9(12(19)20)15-16-10/h7H,2-6H2,1H3,(H,13,17)(H,19,20)(H2,14,15,16,18). The van der Waals surface area contributed by atoms with Crippen LogP contribution in [0.5, 0.6) is 0 Å². The molecular weight excluding hydrogens is 264 g/mol. The summed E-state index contributed by atoms with van der Waals surface area (Å²) in [5, 5.41) is 19.8. The average Bonchev–Trinajstić information content (AvgIpc) is 2.81. The zero-order chi connectivity index (χ0) is 15.0. The van der Waals surface area contributed by atoms with Crippen molar-refractivity contribution in [2.24, 2.45) is 0 Å². The predicted octanol–water partition coefficient (Wildman–Crippen LogP) is 0.743. The van der Waals surface area contributed by atoms with Crippen LogP contribution in [-0.2, 0) is 9.59 Å². The lowest BCUT2D eigenvalue weighted by atomic mass is 10.2. The zero-order valence-corrected chi connectivity index (χ0v) is 11.2. The van der Waals surface area contributed by atoms with Gasteiger partial charge in [0, 0.05) is 26.0 Å². The number of amides is 2. The molecule has 8 heteroatoms. The number of aromatic amines is 1. The van der Waals surface area contributed by atoms with Gasteiger partial charge in [-0.15, -0.1) is 0 Å². The van der Waals surface area contributed by atoms with E-state index in [9.17, 15) is 14.4 Å². The number of nitrogens with zero attached hydrogens (tertiary/aromatic N) is 1. The highest BCUT2D eigenvalue weighted by molar-refractivity contribution is 5.92. The smallest absolute Gasteiger partial charge is 0.353 e. The molecular formula is C12H18N4O4. The number of aromatic carboxylic acids is 1. The second-order valence-electron chi connectivity index (χ2n) is 4.31. The van der Waals surface area contributed by atoms with Gasteiger partial charge in [0.1, 0.15) is 5.69 Å². The van der Waals surface area contributed by atoms with Crippen LogP contribution in [0.3, 0.4) is 0 Å².